The van der Waals surface area contributed by atoms with Gasteiger partial charge in [-0.2, -0.15) is 0 Å². The van der Waals surface area contributed by atoms with E-state index in [1.54, 1.807) is 7.11 Å². The summed E-state index contributed by atoms with van der Waals surface area (Å²) in [6.45, 7) is 0.523. The number of carbonyl (C=O) groups excluding carboxylic acids is 1. The number of nitrogens with one attached hydrogen (secondary N) is 1. The van der Waals surface area contributed by atoms with Gasteiger partial charge in [-0.3, -0.25) is 4.79 Å². The van der Waals surface area contributed by atoms with Crippen molar-refractivity contribution in [3.8, 4) is 5.75 Å². The summed E-state index contributed by atoms with van der Waals surface area (Å²) in [7, 11) is 5.65. The summed E-state index contributed by atoms with van der Waals surface area (Å²) in [6.07, 6.45) is 1.04. The molecule has 1 N–H and O–H groups in total. The molecule has 0 aromatic heterocycles. The fourth-order valence-corrected chi connectivity index (χ4v) is 2.99. The molecule has 1 unspecified atom stereocenters. The molecule has 2 aromatic carbocycles. The minimum atomic E-state index is 0.0154. The van der Waals surface area contributed by atoms with Crippen molar-refractivity contribution in [2.45, 2.75) is 18.9 Å². The molecule has 0 radical (unpaired) electrons. The Hall–Kier alpha value is -2.04. The molecule has 0 bridgehead atoms. The van der Waals surface area contributed by atoms with E-state index in [0.29, 0.717) is 24.4 Å². The Labute approximate surface area is 154 Å². The number of amides is 1. The van der Waals surface area contributed by atoms with Crippen LogP contribution in [0.4, 0.5) is 0 Å². The number of para-hydroxylation sites is 1. The van der Waals surface area contributed by atoms with Crippen molar-refractivity contribution in [1.29, 1.82) is 0 Å². The van der Waals surface area contributed by atoms with Gasteiger partial charge >= 0.3 is 0 Å². The van der Waals surface area contributed by atoms with Crippen molar-refractivity contribution < 1.29 is 9.53 Å². The summed E-state index contributed by atoms with van der Waals surface area (Å²) in [4.78, 5) is 14.3. The SMILES string of the molecule is COc1ccccc1C(CNC(=O)CCc1ccccc1Cl)N(C)C. The van der Waals surface area contributed by atoms with Gasteiger partial charge in [0.25, 0.3) is 0 Å². The standard InChI is InChI=1S/C20H25ClN2O2/c1-23(2)18(16-9-5-7-11-19(16)25-3)14-22-20(24)13-12-15-8-4-6-10-17(15)21/h4-11,18H,12-14H2,1-3H3,(H,22,24). The van der Waals surface area contributed by atoms with Crippen LogP contribution < -0.4 is 10.1 Å². The normalized spacial score (nSPS) is 12.0. The fourth-order valence-electron chi connectivity index (χ4n) is 2.76. The van der Waals surface area contributed by atoms with Crippen molar-refractivity contribution in [2.75, 3.05) is 27.7 Å². The van der Waals surface area contributed by atoms with Gasteiger partial charge in [0, 0.05) is 23.6 Å². The Kier molecular flexibility index (Phi) is 7.29. The second-order valence-electron chi connectivity index (χ2n) is 6.12. The number of ether oxygens (including phenoxy) is 1. The zero-order valence-corrected chi connectivity index (χ0v) is 15.7. The van der Waals surface area contributed by atoms with E-state index in [1.807, 2.05) is 62.6 Å². The lowest BCUT2D eigenvalue weighted by atomic mass is 10.0. The second-order valence-corrected chi connectivity index (χ2v) is 6.52. The molecule has 25 heavy (non-hydrogen) atoms. The molecule has 0 heterocycles. The van der Waals surface area contributed by atoms with E-state index in [4.69, 9.17) is 16.3 Å². The molecule has 0 fully saturated rings. The van der Waals surface area contributed by atoms with Crippen molar-refractivity contribution >= 4 is 17.5 Å². The van der Waals surface area contributed by atoms with E-state index in [-0.39, 0.29) is 11.9 Å². The van der Waals surface area contributed by atoms with Crippen LogP contribution in [0, 0.1) is 0 Å². The van der Waals surface area contributed by atoms with E-state index in [9.17, 15) is 4.79 Å². The Balaban J connectivity index is 1.95. The minimum absolute atomic E-state index is 0.0154. The first-order chi connectivity index (χ1) is 12.0. The zero-order valence-electron chi connectivity index (χ0n) is 15.0. The third kappa shape index (κ3) is 5.48. The van der Waals surface area contributed by atoms with Crippen LogP contribution in [0.2, 0.25) is 5.02 Å². The molecule has 0 aliphatic carbocycles. The largest absolute Gasteiger partial charge is 0.496 e. The molecule has 134 valence electrons. The second kappa shape index (κ2) is 9.44. The van der Waals surface area contributed by atoms with E-state index in [2.05, 4.69) is 10.2 Å². The lowest BCUT2D eigenvalue weighted by Gasteiger charge is -2.26. The van der Waals surface area contributed by atoms with Crippen LogP contribution in [0.1, 0.15) is 23.6 Å². The van der Waals surface area contributed by atoms with Crippen molar-refractivity contribution in [1.82, 2.24) is 10.2 Å². The summed E-state index contributed by atoms with van der Waals surface area (Å²) >= 11 is 6.14. The van der Waals surface area contributed by atoms with E-state index in [1.165, 1.54) is 0 Å². The van der Waals surface area contributed by atoms with Crippen LogP contribution in [0.3, 0.4) is 0 Å². The van der Waals surface area contributed by atoms with Gasteiger partial charge in [-0.05, 0) is 38.2 Å². The lowest BCUT2D eigenvalue weighted by molar-refractivity contribution is -0.121. The molecule has 2 rings (SSSR count). The molecule has 0 saturated carbocycles. The summed E-state index contributed by atoms with van der Waals surface area (Å²) < 4.78 is 5.45. The van der Waals surface area contributed by atoms with Crippen molar-refractivity contribution in [3.63, 3.8) is 0 Å². The molecule has 2 aromatic rings. The number of carbonyl (C=O) groups is 1. The first-order valence-electron chi connectivity index (χ1n) is 8.32. The highest BCUT2D eigenvalue weighted by molar-refractivity contribution is 6.31. The van der Waals surface area contributed by atoms with Crippen LogP contribution in [-0.2, 0) is 11.2 Å². The van der Waals surface area contributed by atoms with Gasteiger partial charge in [-0.25, -0.2) is 0 Å². The van der Waals surface area contributed by atoms with Gasteiger partial charge in [-0.15, -0.1) is 0 Å². The summed E-state index contributed by atoms with van der Waals surface area (Å²) in [6, 6.07) is 15.5. The topological polar surface area (TPSA) is 41.6 Å². The van der Waals surface area contributed by atoms with Gasteiger partial charge < -0.3 is 15.0 Å². The fraction of sp³-hybridized carbons (Fsp3) is 0.350. The number of methoxy groups -OCH3 is 1. The average molecular weight is 361 g/mol. The molecular weight excluding hydrogens is 336 g/mol. The van der Waals surface area contributed by atoms with Gasteiger partial charge in [0.15, 0.2) is 0 Å². The number of hydrogen-bond acceptors (Lipinski definition) is 3. The zero-order chi connectivity index (χ0) is 18.2. The highest BCUT2D eigenvalue weighted by Crippen LogP contribution is 2.27. The monoisotopic (exact) mass is 360 g/mol. The van der Waals surface area contributed by atoms with Crippen LogP contribution >= 0.6 is 11.6 Å². The van der Waals surface area contributed by atoms with E-state index >= 15 is 0 Å². The molecular formula is C20H25ClN2O2. The Morgan fingerprint density at radius 2 is 1.84 bits per heavy atom. The number of hydrogen-bond donors (Lipinski definition) is 1. The molecule has 0 spiro atoms. The predicted octanol–water partition coefficient (Wildman–Crippen LogP) is 3.70. The predicted molar refractivity (Wildman–Crippen MR) is 102 cm³/mol. The molecule has 5 heteroatoms. The number of benzene rings is 2. The third-order valence-corrected chi connectivity index (χ3v) is 4.56. The molecule has 4 nitrogen and oxygen atoms in total. The molecule has 0 aliphatic heterocycles. The van der Waals surface area contributed by atoms with Gasteiger partial charge in [0.1, 0.15) is 5.75 Å². The smallest absolute Gasteiger partial charge is 0.220 e. The maximum atomic E-state index is 12.2. The van der Waals surface area contributed by atoms with Crippen LogP contribution in [0.25, 0.3) is 0 Å². The number of likely N-dealkylation sites (N-methyl/N-ethyl adjacent to an activating group) is 1. The van der Waals surface area contributed by atoms with Crippen LogP contribution in [0.5, 0.6) is 5.75 Å². The maximum absolute atomic E-state index is 12.2. The number of halogens is 1. The third-order valence-electron chi connectivity index (χ3n) is 4.19. The highest BCUT2D eigenvalue weighted by Gasteiger charge is 2.19. The molecule has 1 amide bonds. The van der Waals surface area contributed by atoms with Gasteiger partial charge in [0.05, 0.1) is 13.2 Å². The first kappa shape index (κ1) is 19.3. The lowest BCUT2D eigenvalue weighted by Crippen LogP contribution is -2.34. The number of aryl methyl sites for hydroxylation is 1. The number of nitrogens with zero attached hydrogens (tertiary/aromatic N) is 1. The Bertz CT molecular complexity index is 704. The molecule has 0 saturated heterocycles. The quantitative estimate of drug-likeness (QED) is 0.780. The van der Waals surface area contributed by atoms with E-state index < -0.39 is 0 Å². The minimum Gasteiger partial charge on any atom is -0.496 e. The summed E-state index contributed by atoms with van der Waals surface area (Å²) in [5, 5.41) is 3.73. The van der Waals surface area contributed by atoms with Gasteiger partial charge in [-0.1, -0.05) is 48.0 Å². The van der Waals surface area contributed by atoms with E-state index in [0.717, 1.165) is 16.9 Å². The first-order valence-corrected chi connectivity index (χ1v) is 8.70. The maximum Gasteiger partial charge on any atom is 0.220 e. The van der Waals surface area contributed by atoms with Crippen molar-refractivity contribution in [3.05, 3.63) is 64.7 Å². The van der Waals surface area contributed by atoms with Crippen molar-refractivity contribution in [2.24, 2.45) is 0 Å². The van der Waals surface area contributed by atoms with Crippen LogP contribution in [-0.4, -0.2) is 38.6 Å². The average Bonchev–Trinajstić information content (AvgIpc) is 2.61. The van der Waals surface area contributed by atoms with Gasteiger partial charge in [0.2, 0.25) is 5.91 Å². The van der Waals surface area contributed by atoms with Crippen LogP contribution in [0.15, 0.2) is 48.5 Å². The highest BCUT2D eigenvalue weighted by atomic mass is 35.5. The molecule has 0 aliphatic rings. The summed E-state index contributed by atoms with van der Waals surface area (Å²) in [5.74, 6) is 0.841. The number of rotatable bonds is 8. The Morgan fingerprint density at radius 1 is 1.16 bits per heavy atom. The summed E-state index contributed by atoms with van der Waals surface area (Å²) in [5.41, 5.74) is 2.05. The molecule has 1 atom stereocenters. The Morgan fingerprint density at radius 3 is 2.52 bits per heavy atom.